The molecule has 0 radical (unpaired) electrons. The number of carbonyl (C=O) groups excluding carboxylic acids is 2. The number of hydrazine groups is 1. The quantitative estimate of drug-likeness (QED) is 0.788. The van der Waals surface area contributed by atoms with Crippen molar-refractivity contribution in [1.82, 2.24) is 5.43 Å². The highest BCUT2D eigenvalue weighted by atomic mass is 16.5. The van der Waals surface area contributed by atoms with Crippen molar-refractivity contribution in [3.63, 3.8) is 0 Å². The number of hydrogen-bond acceptors (Lipinski definition) is 4. The molecule has 1 saturated heterocycles. The molecule has 5 heteroatoms. The van der Waals surface area contributed by atoms with Crippen LogP contribution >= 0.6 is 0 Å². The largest absolute Gasteiger partial charge is 0.464 e. The zero-order valence-electron chi connectivity index (χ0n) is 9.55. The van der Waals surface area contributed by atoms with E-state index < -0.39 is 6.04 Å². The first kappa shape index (κ1) is 11.4. The smallest absolute Gasteiger partial charge is 0.331 e. The van der Waals surface area contributed by atoms with Crippen LogP contribution in [-0.2, 0) is 14.3 Å². The molecule has 0 aliphatic carbocycles. The second-order valence-corrected chi connectivity index (χ2v) is 3.71. The van der Waals surface area contributed by atoms with Crippen molar-refractivity contribution in [3.05, 3.63) is 30.3 Å². The van der Waals surface area contributed by atoms with Gasteiger partial charge in [-0.1, -0.05) is 18.2 Å². The fourth-order valence-corrected chi connectivity index (χ4v) is 1.79. The molecule has 1 aliphatic rings. The van der Waals surface area contributed by atoms with E-state index in [9.17, 15) is 9.59 Å². The van der Waals surface area contributed by atoms with Crippen molar-refractivity contribution in [1.29, 1.82) is 0 Å². The van der Waals surface area contributed by atoms with Gasteiger partial charge in [0.1, 0.15) is 0 Å². The fraction of sp³-hybridized carbons (Fsp3) is 0.333. The second kappa shape index (κ2) is 4.86. The van der Waals surface area contributed by atoms with Crippen molar-refractivity contribution in [3.8, 4) is 0 Å². The SMILES string of the molecule is CCOC(=O)[C@H]1CC(=O)NN1c1ccccc1. The summed E-state index contributed by atoms with van der Waals surface area (Å²) in [6.07, 6.45) is 0.133. The maximum absolute atomic E-state index is 11.7. The molecule has 0 bridgehead atoms. The van der Waals surface area contributed by atoms with Crippen molar-refractivity contribution >= 4 is 17.6 Å². The van der Waals surface area contributed by atoms with Gasteiger partial charge in [-0.3, -0.25) is 15.2 Å². The first-order chi connectivity index (χ1) is 8.22. The van der Waals surface area contributed by atoms with Crippen LogP contribution in [-0.4, -0.2) is 24.5 Å². The number of para-hydroxylation sites is 1. The zero-order valence-corrected chi connectivity index (χ0v) is 9.55. The monoisotopic (exact) mass is 234 g/mol. The fourth-order valence-electron chi connectivity index (χ4n) is 1.79. The Morgan fingerprint density at radius 2 is 2.18 bits per heavy atom. The molecule has 1 aromatic carbocycles. The molecule has 1 amide bonds. The van der Waals surface area contributed by atoms with Gasteiger partial charge in [-0.2, -0.15) is 0 Å². The highest BCUT2D eigenvalue weighted by molar-refractivity contribution is 5.93. The summed E-state index contributed by atoms with van der Waals surface area (Å²) in [6, 6.07) is 8.66. The number of benzene rings is 1. The molecular weight excluding hydrogens is 220 g/mol. The molecule has 1 N–H and O–H groups in total. The molecule has 0 saturated carbocycles. The molecule has 17 heavy (non-hydrogen) atoms. The number of carbonyl (C=O) groups is 2. The second-order valence-electron chi connectivity index (χ2n) is 3.71. The third-order valence-electron chi connectivity index (χ3n) is 2.53. The van der Waals surface area contributed by atoms with E-state index >= 15 is 0 Å². The minimum absolute atomic E-state index is 0.133. The van der Waals surface area contributed by atoms with Gasteiger partial charge in [-0.15, -0.1) is 0 Å². The lowest BCUT2D eigenvalue weighted by Gasteiger charge is -2.23. The molecule has 1 aromatic rings. The maximum atomic E-state index is 11.7. The number of esters is 1. The maximum Gasteiger partial charge on any atom is 0.331 e. The molecule has 2 rings (SSSR count). The van der Waals surface area contributed by atoms with E-state index in [0.717, 1.165) is 5.69 Å². The summed E-state index contributed by atoms with van der Waals surface area (Å²) >= 11 is 0. The Labute approximate surface area is 99.3 Å². The van der Waals surface area contributed by atoms with Gasteiger partial charge < -0.3 is 4.74 Å². The minimum atomic E-state index is -0.579. The Kier molecular flexibility index (Phi) is 3.27. The number of hydrogen-bond donors (Lipinski definition) is 1. The van der Waals surface area contributed by atoms with Crippen LogP contribution in [0.15, 0.2) is 30.3 Å². The van der Waals surface area contributed by atoms with E-state index in [1.54, 1.807) is 11.9 Å². The van der Waals surface area contributed by atoms with Gasteiger partial charge in [0.15, 0.2) is 6.04 Å². The van der Waals surface area contributed by atoms with Crippen molar-refractivity contribution in [2.24, 2.45) is 0 Å². The van der Waals surface area contributed by atoms with Crippen molar-refractivity contribution in [2.75, 3.05) is 11.6 Å². The summed E-state index contributed by atoms with van der Waals surface area (Å²) in [7, 11) is 0. The molecule has 1 aliphatic heterocycles. The molecule has 90 valence electrons. The third kappa shape index (κ3) is 2.38. The molecule has 5 nitrogen and oxygen atoms in total. The lowest BCUT2D eigenvalue weighted by molar-refractivity contribution is -0.144. The summed E-state index contributed by atoms with van der Waals surface area (Å²) in [5.74, 6) is -0.554. The summed E-state index contributed by atoms with van der Waals surface area (Å²) in [5, 5.41) is 1.56. The number of rotatable bonds is 3. The topological polar surface area (TPSA) is 58.6 Å². The van der Waals surface area contributed by atoms with Gasteiger partial charge in [-0.05, 0) is 19.1 Å². The van der Waals surface area contributed by atoms with Gasteiger partial charge in [-0.25, -0.2) is 4.79 Å². The normalized spacial score (nSPS) is 19.0. The predicted molar refractivity (Wildman–Crippen MR) is 62.1 cm³/mol. The lowest BCUT2D eigenvalue weighted by atomic mass is 10.2. The average molecular weight is 234 g/mol. The van der Waals surface area contributed by atoms with Crippen molar-refractivity contribution in [2.45, 2.75) is 19.4 Å². The first-order valence-corrected chi connectivity index (χ1v) is 5.52. The first-order valence-electron chi connectivity index (χ1n) is 5.52. The lowest BCUT2D eigenvalue weighted by Crippen LogP contribution is -2.43. The van der Waals surface area contributed by atoms with Crippen LogP contribution in [0, 0.1) is 0 Å². The van der Waals surface area contributed by atoms with Crippen LogP contribution in [0.3, 0.4) is 0 Å². The van der Waals surface area contributed by atoms with E-state index in [4.69, 9.17) is 4.74 Å². The Hall–Kier alpha value is -2.04. The Bertz CT molecular complexity index is 419. The summed E-state index contributed by atoms with van der Waals surface area (Å²) in [4.78, 5) is 23.1. The van der Waals surface area contributed by atoms with Gasteiger partial charge >= 0.3 is 5.97 Å². The predicted octanol–water partition coefficient (Wildman–Crippen LogP) is 0.860. The number of anilines is 1. The van der Waals surface area contributed by atoms with Gasteiger partial charge in [0, 0.05) is 0 Å². The molecule has 0 aromatic heterocycles. The van der Waals surface area contributed by atoms with Gasteiger partial charge in [0.2, 0.25) is 5.91 Å². The molecule has 1 fully saturated rings. The molecule has 1 heterocycles. The van der Waals surface area contributed by atoms with Crippen LogP contribution in [0.1, 0.15) is 13.3 Å². The summed E-state index contributed by atoms with van der Waals surface area (Å²) in [5.41, 5.74) is 3.43. The molecule has 0 unspecified atom stereocenters. The Morgan fingerprint density at radius 1 is 1.47 bits per heavy atom. The standard InChI is InChI=1S/C12H14N2O3/c1-2-17-12(16)10-8-11(15)13-14(10)9-6-4-3-5-7-9/h3-7,10H,2,8H2,1H3,(H,13,15)/t10-/m1/s1. The molecular formula is C12H14N2O3. The van der Waals surface area contributed by atoms with Crippen LogP contribution in [0.2, 0.25) is 0 Å². The zero-order chi connectivity index (χ0) is 12.3. The van der Waals surface area contributed by atoms with Crippen LogP contribution in [0.25, 0.3) is 0 Å². The van der Waals surface area contributed by atoms with Crippen LogP contribution in [0.4, 0.5) is 5.69 Å². The number of ether oxygens (including phenoxy) is 1. The Morgan fingerprint density at radius 3 is 2.82 bits per heavy atom. The van der Waals surface area contributed by atoms with Gasteiger partial charge in [0.05, 0.1) is 18.7 Å². The number of amides is 1. The number of nitrogens with zero attached hydrogens (tertiary/aromatic N) is 1. The van der Waals surface area contributed by atoms with E-state index in [2.05, 4.69) is 5.43 Å². The summed E-state index contributed by atoms with van der Waals surface area (Å²) in [6.45, 7) is 2.06. The van der Waals surface area contributed by atoms with E-state index in [-0.39, 0.29) is 18.3 Å². The highest BCUT2D eigenvalue weighted by Crippen LogP contribution is 2.21. The highest BCUT2D eigenvalue weighted by Gasteiger charge is 2.36. The van der Waals surface area contributed by atoms with Crippen molar-refractivity contribution < 1.29 is 14.3 Å². The minimum Gasteiger partial charge on any atom is -0.464 e. The van der Waals surface area contributed by atoms with Gasteiger partial charge in [0.25, 0.3) is 0 Å². The van der Waals surface area contributed by atoms with Crippen LogP contribution < -0.4 is 10.4 Å². The Balaban J connectivity index is 2.20. The van der Waals surface area contributed by atoms with E-state index in [1.807, 2.05) is 30.3 Å². The summed E-state index contributed by atoms with van der Waals surface area (Å²) < 4.78 is 4.95. The van der Waals surface area contributed by atoms with Crippen LogP contribution in [0.5, 0.6) is 0 Å². The molecule has 1 atom stereocenters. The third-order valence-corrected chi connectivity index (χ3v) is 2.53. The average Bonchev–Trinajstić information content (AvgIpc) is 2.73. The van der Waals surface area contributed by atoms with E-state index in [0.29, 0.717) is 6.61 Å². The number of nitrogens with one attached hydrogen (secondary N) is 1. The molecule has 0 spiro atoms. The van der Waals surface area contributed by atoms with E-state index in [1.165, 1.54) is 0 Å².